The van der Waals surface area contributed by atoms with Gasteiger partial charge in [0.15, 0.2) is 10.7 Å². The fraction of sp³-hybridized carbons (Fsp3) is 0. The summed E-state index contributed by atoms with van der Waals surface area (Å²) in [6, 6.07) is 3.91. The van der Waals surface area contributed by atoms with E-state index in [4.69, 9.17) is 16.1 Å². The number of benzene rings is 1. The van der Waals surface area contributed by atoms with Crippen molar-refractivity contribution in [3.63, 3.8) is 0 Å². The molecule has 1 N–H and O–H groups in total. The Bertz CT molecular complexity index is 719. The maximum absolute atomic E-state index is 12.6. The standard InChI is InChI=1S/C7H3ClFNO.C3H2FNO2/c8-7-5-3-4(9)1-2-6(5)11-10-7;4-2-1-3(6)5-7-2/h1-3H;1H,(H,5,6). The number of nitrogens with zero attached hydrogens (tertiary/aromatic N) is 1. The average Bonchev–Trinajstić information content (AvgIpc) is 2.87. The van der Waals surface area contributed by atoms with Gasteiger partial charge in [0.2, 0.25) is 0 Å². The van der Waals surface area contributed by atoms with Crippen LogP contribution in [0.5, 0.6) is 0 Å². The highest BCUT2D eigenvalue weighted by Gasteiger charge is 2.05. The lowest BCUT2D eigenvalue weighted by Crippen LogP contribution is -1.92. The second-order valence-corrected chi connectivity index (χ2v) is 3.49. The Morgan fingerprint density at radius 1 is 1.28 bits per heavy atom. The molecule has 2 aromatic heterocycles. The molecule has 0 aliphatic carbocycles. The van der Waals surface area contributed by atoms with Crippen molar-refractivity contribution < 1.29 is 17.8 Å². The number of aromatic amines is 1. The zero-order valence-corrected chi connectivity index (χ0v) is 9.37. The Labute approximate surface area is 103 Å². The summed E-state index contributed by atoms with van der Waals surface area (Å²) in [7, 11) is 0. The molecule has 94 valence electrons. The first-order valence-corrected chi connectivity index (χ1v) is 4.98. The molecule has 2 heterocycles. The highest BCUT2D eigenvalue weighted by Crippen LogP contribution is 2.22. The van der Waals surface area contributed by atoms with E-state index < -0.39 is 11.6 Å². The van der Waals surface area contributed by atoms with Gasteiger partial charge in [0.05, 0.1) is 11.5 Å². The van der Waals surface area contributed by atoms with E-state index in [1.165, 1.54) is 18.2 Å². The van der Waals surface area contributed by atoms with E-state index in [-0.39, 0.29) is 11.0 Å². The van der Waals surface area contributed by atoms with Crippen LogP contribution in [0.1, 0.15) is 0 Å². The quantitative estimate of drug-likeness (QED) is 0.684. The van der Waals surface area contributed by atoms with E-state index in [0.717, 1.165) is 6.07 Å². The van der Waals surface area contributed by atoms with E-state index >= 15 is 0 Å². The Morgan fingerprint density at radius 2 is 2.06 bits per heavy atom. The fourth-order valence-corrected chi connectivity index (χ4v) is 1.32. The van der Waals surface area contributed by atoms with Crippen molar-refractivity contribution in [1.29, 1.82) is 0 Å². The molecule has 0 saturated heterocycles. The summed E-state index contributed by atoms with van der Waals surface area (Å²) >= 11 is 5.57. The van der Waals surface area contributed by atoms with Crippen LogP contribution >= 0.6 is 11.6 Å². The second-order valence-electron chi connectivity index (χ2n) is 3.13. The molecule has 0 amide bonds. The van der Waals surface area contributed by atoms with Crippen molar-refractivity contribution in [3.8, 4) is 0 Å². The minimum absolute atomic E-state index is 0.194. The van der Waals surface area contributed by atoms with Crippen LogP contribution in [-0.4, -0.2) is 10.3 Å². The predicted octanol–water partition coefficient (Wildman–Crippen LogP) is 2.73. The molecule has 0 fully saturated rings. The van der Waals surface area contributed by atoms with Gasteiger partial charge in [-0.1, -0.05) is 16.8 Å². The lowest BCUT2D eigenvalue weighted by molar-refractivity contribution is 0.280. The van der Waals surface area contributed by atoms with Crippen LogP contribution in [0.25, 0.3) is 11.0 Å². The minimum atomic E-state index is -0.884. The van der Waals surface area contributed by atoms with Crippen LogP contribution < -0.4 is 5.56 Å². The first-order chi connectivity index (χ1) is 8.56. The summed E-state index contributed by atoms with van der Waals surface area (Å²) in [5.74, 6) is -0.345. The number of H-pyrrole nitrogens is 1. The smallest absolute Gasteiger partial charge is 0.307 e. The number of aromatic nitrogens is 2. The molecule has 8 heteroatoms. The van der Waals surface area contributed by atoms with Gasteiger partial charge in [-0.2, -0.15) is 9.55 Å². The van der Waals surface area contributed by atoms with E-state index in [1.807, 2.05) is 0 Å². The van der Waals surface area contributed by atoms with Gasteiger partial charge in [0, 0.05) is 0 Å². The second kappa shape index (κ2) is 5.01. The van der Waals surface area contributed by atoms with E-state index in [0.29, 0.717) is 11.0 Å². The summed E-state index contributed by atoms with van der Waals surface area (Å²) in [4.78, 5) is 9.90. The highest BCUT2D eigenvalue weighted by molar-refractivity contribution is 6.33. The molecule has 0 saturated carbocycles. The molecule has 5 nitrogen and oxygen atoms in total. The van der Waals surface area contributed by atoms with Crippen LogP contribution in [0.15, 0.2) is 38.1 Å². The zero-order chi connectivity index (χ0) is 13.1. The molecule has 0 atom stereocenters. The third-order valence-corrected chi connectivity index (χ3v) is 2.15. The van der Waals surface area contributed by atoms with Crippen LogP contribution in [-0.2, 0) is 0 Å². The van der Waals surface area contributed by atoms with Gasteiger partial charge in [-0.25, -0.2) is 4.39 Å². The third-order valence-electron chi connectivity index (χ3n) is 1.88. The van der Waals surface area contributed by atoms with Gasteiger partial charge in [-0.05, 0) is 18.2 Å². The van der Waals surface area contributed by atoms with Crippen LogP contribution in [0.4, 0.5) is 8.78 Å². The monoisotopic (exact) mass is 274 g/mol. The summed E-state index contributed by atoms with van der Waals surface area (Å²) in [6.07, 6.45) is 0. The van der Waals surface area contributed by atoms with Gasteiger partial charge in [0.1, 0.15) is 5.82 Å². The van der Waals surface area contributed by atoms with Crippen molar-refractivity contribution in [2.24, 2.45) is 0 Å². The topological polar surface area (TPSA) is 72.0 Å². The highest BCUT2D eigenvalue weighted by atomic mass is 35.5. The SMILES string of the molecule is Fc1ccc2onc(Cl)c2c1.O=c1cc(F)o[nH]1. The Balaban J connectivity index is 0.000000149. The van der Waals surface area contributed by atoms with Crippen molar-refractivity contribution in [3.05, 3.63) is 51.6 Å². The number of nitrogens with one attached hydrogen (secondary N) is 1. The zero-order valence-electron chi connectivity index (χ0n) is 8.62. The molecule has 0 spiro atoms. The Morgan fingerprint density at radius 3 is 2.61 bits per heavy atom. The number of hydrogen-bond donors (Lipinski definition) is 1. The largest absolute Gasteiger partial charge is 0.355 e. The van der Waals surface area contributed by atoms with E-state index in [2.05, 4.69) is 9.68 Å². The number of halogens is 3. The molecule has 0 radical (unpaired) electrons. The van der Waals surface area contributed by atoms with Gasteiger partial charge in [-0.3, -0.25) is 4.79 Å². The van der Waals surface area contributed by atoms with Crippen molar-refractivity contribution >= 4 is 22.6 Å². The molecule has 0 aliphatic heterocycles. The molecule has 18 heavy (non-hydrogen) atoms. The van der Waals surface area contributed by atoms with Gasteiger partial charge < -0.3 is 9.05 Å². The third kappa shape index (κ3) is 2.75. The summed E-state index contributed by atoms with van der Waals surface area (Å²) in [5.41, 5.74) is -0.0612. The van der Waals surface area contributed by atoms with E-state index in [9.17, 15) is 13.6 Å². The Hall–Kier alpha value is -2.15. The lowest BCUT2D eigenvalue weighted by Gasteiger charge is -1.85. The normalized spacial score (nSPS) is 10.2. The average molecular weight is 275 g/mol. The van der Waals surface area contributed by atoms with Crippen LogP contribution in [0.2, 0.25) is 5.15 Å². The maximum Gasteiger partial charge on any atom is 0.307 e. The molecular weight excluding hydrogens is 270 g/mol. The number of fused-ring (bicyclic) bond motifs is 1. The van der Waals surface area contributed by atoms with Crippen molar-refractivity contribution in [1.82, 2.24) is 10.3 Å². The first-order valence-electron chi connectivity index (χ1n) is 4.61. The van der Waals surface area contributed by atoms with Crippen molar-refractivity contribution in [2.45, 2.75) is 0 Å². The molecule has 1 aromatic carbocycles. The van der Waals surface area contributed by atoms with Crippen molar-refractivity contribution in [2.75, 3.05) is 0 Å². The molecule has 3 rings (SSSR count). The number of rotatable bonds is 0. The maximum atomic E-state index is 12.6. The molecule has 0 aliphatic rings. The minimum Gasteiger partial charge on any atom is -0.355 e. The number of hydrogen-bond acceptors (Lipinski definition) is 4. The summed E-state index contributed by atoms with van der Waals surface area (Å²) in [6.45, 7) is 0. The molecular formula is C10H5ClF2N2O3. The van der Waals surface area contributed by atoms with Gasteiger partial charge in [-0.15, -0.1) is 0 Å². The summed E-state index contributed by atoms with van der Waals surface area (Å²) < 4.78 is 32.7. The molecule has 3 aromatic rings. The van der Waals surface area contributed by atoms with Gasteiger partial charge >= 0.3 is 6.01 Å². The predicted molar refractivity (Wildman–Crippen MR) is 58.3 cm³/mol. The van der Waals surface area contributed by atoms with E-state index in [1.54, 1.807) is 5.16 Å². The van der Waals surface area contributed by atoms with Crippen LogP contribution in [0.3, 0.4) is 0 Å². The fourth-order valence-electron chi connectivity index (χ4n) is 1.14. The van der Waals surface area contributed by atoms with Crippen LogP contribution in [0, 0.1) is 11.8 Å². The lowest BCUT2D eigenvalue weighted by atomic mass is 10.3. The van der Waals surface area contributed by atoms with Gasteiger partial charge in [0.25, 0.3) is 5.56 Å². The molecule has 0 unspecified atom stereocenters. The first kappa shape index (κ1) is 12.3. The summed E-state index contributed by atoms with van der Waals surface area (Å²) in [5, 5.41) is 5.92. The molecule has 0 bridgehead atoms. The Kier molecular flexibility index (Phi) is 3.42.